The molecule has 0 bridgehead atoms. The first-order chi connectivity index (χ1) is 13.5. The second-order valence-electron chi connectivity index (χ2n) is 7.04. The Kier molecular flexibility index (Phi) is 4.81. The third-order valence-corrected chi connectivity index (χ3v) is 5.53. The van der Waals surface area contributed by atoms with Crippen molar-refractivity contribution in [2.24, 2.45) is 0 Å². The van der Waals surface area contributed by atoms with E-state index >= 15 is 0 Å². The number of fused-ring (bicyclic) bond motifs is 1. The zero-order valence-corrected chi connectivity index (χ0v) is 16.6. The maximum Gasteiger partial charge on any atom is 0.161 e. The molecule has 0 unspecified atom stereocenters. The molecule has 0 saturated carbocycles. The molecule has 1 saturated heterocycles. The van der Waals surface area contributed by atoms with Crippen LogP contribution in [-0.4, -0.2) is 40.9 Å². The van der Waals surface area contributed by atoms with Crippen LogP contribution in [0, 0.1) is 5.41 Å². The van der Waals surface area contributed by atoms with Gasteiger partial charge in [0.05, 0.1) is 28.3 Å². The number of rotatable bonds is 3. The van der Waals surface area contributed by atoms with Crippen LogP contribution < -0.4 is 10.2 Å². The second-order valence-corrected chi connectivity index (χ2v) is 7.45. The predicted octanol–water partition coefficient (Wildman–Crippen LogP) is 4.24. The molecule has 0 aromatic carbocycles. The van der Waals surface area contributed by atoms with Crippen molar-refractivity contribution in [3.8, 4) is 0 Å². The number of aromatic nitrogens is 2. The Bertz CT molecular complexity index is 1060. The average Bonchev–Trinajstić information content (AvgIpc) is 3.23. The van der Waals surface area contributed by atoms with Crippen molar-refractivity contribution in [2.45, 2.75) is 19.8 Å². The summed E-state index contributed by atoms with van der Waals surface area (Å²) in [6, 6.07) is 3.78. The highest BCUT2D eigenvalue weighted by molar-refractivity contribution is 6.35. The normalized spacial score (nSPS) is 19.0. The summed E-state index contributed by atoms with van der Waals surface area (Å²) in [4.78, 5) is 11.5. The smallest absolute Gasteiger partial charge is 0.161 e. The topological polar surface area (TPSA) is 85.1 Å². The Hall–Kier alpha value is -2.86. The number of allylic oxidation sites excluding steroid dienone is 4. The summed E-state index contributed by atoms with van der Waals surface area (Å²) in [5, 5.41) is 23.1. The first kappa shape index (κ1) is 18.5. The molecule has 3 heterocycles. The van der Waals surface area contributed by atoms with Gasteiger partial charge in [0.25, 0.3) is 0 Å². The molecule has 2 aromatic heterocycles. The maximum atomic E-state index is 10.6. The minimum Gasteiger partial charge on any atom is -0.507 e. The van der Waals surface area contributed by atoms with Gasteiger partial charge in [0, 0.05) is 48.4 Å². The van der Waals surface area contributed by atoms with Gasteiger partial charge in [0.1, 0.15) is 5.76 Å². The highest BCUT2D eigenvalue weighted by Gasteiger charge is 2.23. The Morgan fingerprint density at radius 3 is 2.75 bits per heavy atom. The first-order valence-corrected chi connectivity index (χ1v) is 9.67. The Balaban J connectivity index is 1.81. The Labute approximate surface area is 168 Å². The summed E-state index contributed by atoms with van der Waals surface area (Å²) < 4.78 is 0. The first-order valence-electron chi connectivity index (χ1n) is 9.30. The monoisotopic (exact) mass is 395 g/mol. The van der Waals surface area contributed by atoms with Gasteiger partial charge in [0.15, 0.2) is 5.65 Å². The van der Waals surface area contributed by atoms with Gasteiger partial charge in [-0.15, -0.1) is 0 Å². The van der Waals surface area contributed by atoms with Crippen molar-refractivity contribution < 1.29 is 5.11 Å². The fourth-order valence-corrected chi connectivity index (χ4v) is 3.88. The van der Waals surface area contributed by atoms with Crippen LogP contribution in [0.1, 0.15) is 25.5 Å². The van der Waals surface area contributed by atoms with Crippen LogP contribution in [-0.2, 0) is 0 Å². The maximum absolute atomic E-state index is 10.6. The zero-order valence-electron chi connectivity index (χ0n) is 15.9. The van der Waals surface area contributed by atoms with Crippen LogP contribution in [0.5, 0.6) is 0 Å². The molecule has 1 fully saturated rings. The van der Waals surface area contributed by atoms with Gasteiger partial charge in [-0.1, -0.05) is 11.6 Å². The van der Waals surface area contributed by atoms with Crippen molar-refractivity contribution in [1.82, 2.24) is 15.3 Å². The van der Waals surface area contributed by atoms with E-state index in [1.807, 2.05) is 12.3 Å². The SMILES string of the molecule is CN/C=C1/C=C(c2cc(Cl)c3cc(N4CCCC4)cnc3n2)C(O)=C(C)C1=N. The number of hydrogen-bond donors (Lipinski definition) is 3. The third kappa shape index (κ3) is 3.14. The average molecular weight is 396 g/mol. The fourth-order valence-electron chi connectivity index (χ4n) is 3.64. The minimum absolute atomic E-state index is 0.0369. The second kappa shape index (κ2) is 7.28. The van der Waals surface area contributed by atoms with E-state index in [4.69, 9.17) is 17.0 Å². The molecule has 7 heteroatoms. The fraction of sp³-hybridized carbons (Fsp3) is 0.286. The van der Waals surface area contributed by atoms with Crippen molar-refractivity contribution >= 4 is 39.6 Å². The molecule has 144 valence electrons. The van der Waals surface area contributed by atoms with E-state index in [2.05, 4.69) is 20.2 Å². The number of nitrogens with zero attached hydrogens (tertiary/aromatic N) is 3. The molecule has 28 heavy (non-hydrogen) atoms. The largest absolute Gasteiger partial charge is 0.507 e. The molecular formula is C21H22ClN5O. The summed E-state index contributed by atoms with van der Waals surface area (Å²) in [6.07, 6.45) is 7.68. The molecule has 0 atom stereocenters. The third-order valence-electron chi connectivity index (χ3n) is 5.22. The van der Waals surface area contributed by atoms with Crippen LogP contribution in [0.25, 0.3) is 16.6 Å². The van der Waals surface area contributed by atoms with Gasteiger partial charge in [-0.05, 0) is 38.0 Å². The molecule has 2 aliphatic rings. The number of anilines is 1. The lowest BCUT2D eigenvalue weighted by molar-refractivity contribution is 0.433. The summed E-state index contributed by atoms with van der Waals surface area (Å²) in [5.74, 6) is 0.0369. The van der Waals surface area contributed by atoms with Gasteiger partial charge in [0.2, 0.25) is 0 Å². The number of hydrogen-bond acceptors (Lipinski definition) is 6. The van der Waals surface area contributed by atoms with E-state index in [9.17, 15) is 5.11 Å². The van der Waals surface area contributed by atoms with Crippen LogP contribution in [0.3, 0.4) is 0 Å². The predicted molar refractivity (Wildman–Crippen MR) is 114 cm³/mol. The van der Waals surface area contributed by atoms with Crippen molar-refractivity contribution in [2.75, 3.05) is 25.0 Å². The number of aliphatic hydroxyl groups excluding tert-OH is 1. The van der Waals surface area contributed by atoms with Gasteiger partial charge in [-0.2, -0.15) is 0 Å². The minimum atomic E-state index is 0.0369. The molecular weight excluding hydrogens is 374 g/mol. The van der Waals surface area contributed by atoms with E-state index in [0.29, 0.717) is 33.1 Å². The molecule has 4 rings (SSSR count). The summed E-state index contributed by atoms with van der Waals surface area (Å²) >= 11 is 6.58. The van der Waals surface area contributed by atoms with Crippen LogP contribution >= 0.6 is 11.6 Å². The Morgan fingerprint density at radius 2 is 2.04 bits per heavy atom. The summed E-state index contributed by atoms with van der Waals surface area (Å²) in [7, 11) is 1.77. The van der Waals surface area contributed by atoms with Gasteiger partial charge in [-0.3, -0.25) is 5.41 Å². The van der Waals surface area contributed by atoms with Gasteiger partial charge >= 0.3 is 0 Å². The number of nitrogens with one attached hydrogen (secondary N) is 2. The standard InChI is InChI=1S/C21H22ClN5O/c1-12-19(23)13(10-24-2)7-16(20(12)28)18-9-17(22)15-8-14(11-25-21(15)26-18)27-5-3-4-6-27/h7-11,23-24,28H,3-6H2,1-2H3/b13-10-,23-19?. The quantitative estimate of drug-likeness (QED) is 0.723. The zero-order chi connectivity index (χ0) is 19.8. The molecule has 2 aromatic rings. The highest BCUT2D eigenvalue weighted by Crippen LogP contribution is 2.34. The molecule has 1 aliphatic heterocycles. The van der Waals surface area contributed by atoms with E-state index in [1.165, 1.54) is 12.8 Å². The molecule has 6 nitrogen and oxygen atoms in total. The van der Waals surface area contributed by atoms with Gasteiger partial charge in [-0.25, -0.2) is 9.97 Å². The number of aliphatic hydroxyl groups is 1. The lowest BCUT2D eigenvalue weighted by Crippen LogP contribution is -2.17. The molecule has 3 N–H and O–H groups in total. The van der Waals surface area contributed by atoms with E-state index in [-0.39, 0.29) is 11.5 Å². The van der Waals surface area contributed by atoms with Crippen molar-refractivity contribution in [1.29, 1.82) is 5.41 Å². The number of halogens is 1. The van der Waals surface area contributed by atoms with Crippen LogP contribution in [0.15, 0.2) is 47.5 Å². The van der Waals surface area contributed by atoms with E-state index in [0.717, 1.165) is 24.2 Å². The van der Waals surface area contributed by atoms with Crippen molar-refractivity contribution in [3.05, 3.63) is 58.2 Å². The van der Waals surface area contributed by atoms with Crippen LogP contribution in [0.4, 0.5) is 5.69 Å². The van der Waals surface area contributed by atoms with E-state index in [1.54, 1.807) is 32.3 Å². The highest BCUT2D eigenvalue weighted by atomic mass is 35.5. The van der Waals surface area contributed by atoms with Gasteiger partial charge < -0.3 is 15.3 Å². The molecule has 0 spiro atoms. The lowest BCUT2D eigenvalue weighted by Gasteiger charge is -2.19. The summed E-state index contributed by atoms with van der Waals surface area (Å²) in [6.45, 7) is 3.79. The Morgan fingerprint density at radius 1 is 1.29 bits per heavy atom. The molecule has 0 radical (unpaired) electrons. The molecule has 0 amide bonds. The summed E-state index contributed by atoms with van der Waals surface area (Å²) in [5.41, 5.74) is 4.10. The van der Waals surface area contributed by atoms with Crippen LogP contribution in [0.2, 0.25) is 5.02 Å². The van der Waals surface area contributed by atoms with Crippen molar-refractivity contribution in [3.63, 3.8) is 0 Å². The molecule has 1 aliphatic carbocycles. The van der Waals surface area contributed by atoms with E-state index < -0.39 is 0 Å². The lowest BCUT2D eigenvalue weighted by atomic mass is 9.91. The number of pyridine rings is 2.